The lowest BCUT2D eigenvalue weighted by Crippen LogP contribution is -2.40. The zero-order valence-corrected chi connectivity index (χ0v) is 17.5. The summed E-state index contributed by atoms with van der Waals surface area (Å²) in [5.41, 5.74) is 2.07. The molecule has 160 valence electrons. The first-order valence-corrected chi connectivity index (χ1v) is 10.7. The number of piperidine rings is 1. The lowest BCUT2D eigenvalue weighted by Gasteiger charge is -2.32. The number of hydrogen-bond donors (Lipinski definition) is 2. The second-order valence-corrected chi connectivity index (χ2v) is 7.85. The lowest BCUT2D eigenvalue weighted by molar-refractivity contribution is -0.121. The van der Waals surface area contributed by atoms with Crippen molar-refractivity contribution >= 4 is 17.5 Å². The fraction of sp³-hybridized carbons (Fsp3) is 0.417. The molecule has 1 saturated heterocycles. The van der Waals surface area contributed by atoms with Crippen LogP contribution in [-0.2, 0) is 11.3 Å². The van der Waals surface area contributed by atoms with E-state index in [1.807, 2.05) is 6.07 Å². The smallest absolute Gasteiger partial charge is 0.253 e. The summed E-state index contributed by atoms with van der Waals surface area (Å²) in [5, 5.41) is 5.87. The van der Waals surface area contributed by atoms with Crippen LogP contribution in [0.25, 0.3) is 0 Å². The largest absolute Gasteiger partial charge is 0.352 e. The molecule has 2 amide bonds. The molecule has 1 unspecified atom stereocenters. The molecular weight excluding hydrogens is 381 g/mol. The van der Waals surface area contributed by atoms with Crippen LogP contribution < -0.4 is 10.6 Å². The van der Waals surface area contributed by atoms with Gasteiger partial charge in [0.05, 0.1) is 17.2 Å². The number of unbranched alkanes of at least 4 members (excludes halogenated alkanes) is 1. The van der Waals surface area contributed by atoms with Crippen LogP contribution in [0.1, 0.15) is 48.5 Å². The molecule has 5 nitrogen and oxygen atoms in total. The van der Waals surface area contributed by atoms with E-state index in [0.29, 0.717) is 30.9 Å². The van der Waals surface area contributed by atoms with Crippen molar-refractivity contribution in [2.24, 2.45) is 5.92 Å². The number of benzene rings is 2. The van der Waals surface area contributed by atoms with Gasteiger partial charge in [0.2, 0.25) is 5.91 Å². The summed E-state index contributed by atoms with van der Waals surface area (Å²) in [6.07, 6.45) is 3.68. The Morgan fingerprint density at radius 1 is 1.13 bits per heavy atom. The van der Waals surface area contributed by atoms with E-state index in [0.717, 1.165) is 37.8 Å². The van der Waals surface area contributed by atoms with Gasteiger partial charge in [-0.05, 0) is 55.6 Å². The van der Waals surface area contributed by atoms with Crippen LogP contribution in [0.2, 0.25) is 0 Å². The quantitative estimate of drug-likeness (QED) is 0.640. The molecule has 2 N–H and O–H groups in total. The van der Waals surface area contributed by atoms with Crippen molar-refractivity contribution in [2.75, 3.05) is 25.0 Å². The van der Waals surface area contributed by atoms with Crippen molar-refractivity contribution < 1.29 is 14.0 Å². The van der Waals surface area contributed by atoms with Crippen molar-refractivity contribution in [3.63, 3.8) is 0 Å². The van der Waals surface area contributed by atoms with Gasteiger partial charge in [-0.1, -0.05) is 37.6 Å². The van der Waals surface area contributed by atoms with Crippen LogP contribution >= 0.6 is 0 Å². The zero-order valence-electron chi connectivity index (χ0n) is 17.5. The third-order valence-electron chi connectivity index (χ3n) is 5.44. The average molecular weight is 412 g/mol. The standard InChI is InChI=1S/C24H30FN3O2/c1-2-3-14-26-24(30)21-8-4-5-9-22(21)27-23(29)19-7-6-15-28(17-19)16-18-10-12-20(25)13-11-18/h4-5,8-13,19H,2-3,6-7,14-17H2,1H3,(H,26,30)(H,27,29). The number of rotatable bonds is 8. The maximum atomic E-state index is 13.1. The van der Waals surface area contributed by atoms with Crippen LogP contribution in [0.3, 0.4) is 0 Å². The fourth-order valence-corrected chi connectivity index (χ4v) is 3.76. The topological polar surface area (TPSA) is 61.4 Å². The molecule has 1 heterocycles. The van der Waals surface area contributed by atoms with E-state index < -0.39 is 0 Å². The van der Waals surface area contributed by atoms with Gasteiger partial charge in [0.1, 0.15) is 5.82 Å². The Morgan fingerprint density at radius 2 is 1.90 bits per heavy atom. The minimum atomic E-state index is -0.243. The van der Waals surface area contributed by atoms with E-state index >= 15 is 0 Å². The number of carbonyl (C=O) groups excluding carboxylic acids is 2. The van der Waals surface area contributed by atoms with Gasteiger partial charge in [0, 0.05) is 19.6 Å². The number of para-hydroxylation sites is 1. The van der Waals surface area contributed by atoms with Gasteiger partial charge in [-0.2, -0.15) is 0 Å². The molecule has 6 heteroatoms. The van der Waals surface area contributed by atoms with Crippen molar-refractivity contribution in [2.45, 2.75) is 39.2 Å². The van der Waals surface area contributed by atoms with Crippen molar-refractivity contribution in [1.29, 1.82) is 0 Å². The van der Waals surface area contributed by atoms with Gasteiger partial charge < -0.3 is 10.6 Å². The van der Waals surface area contributed by atoms with Crippen molar-refractivity contribution in [1.82, 2.24) is 10.2 Å². The monoisotopic (exact) mass is 411 g/mol. The summed E-state index contributed by atoms with van der Waals surface area (Å²) >= 11 is 0. The Labute approximate surface area is 177 Å². The second kappa shape index (κ2) is 10.9. The summed E-state index contributed by atoms with van der Waals surface area (Å²) in [4.78, 5) is 27.6. The predicted octanol–water partition coefficient (Wildman–Crippen LogP) is 4.21. The minimum Gasteiger partial charge on any atom is -0.352 e. The van der Waals surface area contributed by atoms with Crippen molar-refractivity contribution in [3.05, 3.63) is 65.5 Å². The van der Waals surface area contributed by atoms with Crippen LogP contribution in [0.5, 0.6) is 0 Å². The SMILES string of the molecule is CCCCNC(=O)c1ccccc1NC(=O)C1CCCN(Cc2ccc(F)cc2)C1. The molecular formula is C24H30FN3O2. The normalized spacial score (nSPS) is 16.8. The Balaban J connectivity index is 1.60. The summed E-state index contributed by atoms with van der Waals surface area (Å²) in [6, 6.07) is 13.6. The summed E-state index contributed by atoms with van der Waals surface area (Å²) in [5.74, 6) is -0.615. The number of anilines is 1. The number of nitrogens with one attached hydrogen (secondary N) is 2. The van der Waals surface area contributed by atoms with Gasteiger partial charge >= 0.3 is 0 Å². The Bertz CT molecular complexity index is 854. The third kappa shape index (κ3) is 6.13. The summed E-state index contributed by atoms with van der Waals surface area (Å²) < 4.78 is 13.1. The van der Waals surface area contributed by atoms with E-state index in [4.69, 9.17) is 0 Å². The molecule has 2 aromatic rings. The molecule has 0 aromatic heterocycles. The minimum absolute atomic E-state index is 0.0624. The van der Waals surface area contributed by atoms with E-state index in [1.165, 1.54) is 12.1 Å². The fourth-order valence-electron chi connectivity index (χ4n) is 3.76. The van der Waals surface area contributed by atoms with Gasteiger partial charge in [-0.15, -0.1) is 0 Å². The van der Waals surface area contributed by atoms with E-state index in [2.05, 4.69) is 22.5 Å². The molecule has 30 heavy (non-hydrogen) atoms. The highest BCUT2D eigenvalue weighted by Crippen LogP contribution is 2.22. The first kappa shape index (κ1) is 22.0. The number of amides is 2. The van der Waals surface area contributed by atoms with Gasteiger partial charge in [-0.25, -0.2) is 4.39 Å². The Kier molecular flexibility index (Phi) is 7.97. The number of likely N-dealkylation sites (tertiary alicyclic amines) is 1. The molecule has 0 spiro atoms. The highest BCUT2D eigenvalue weighted by Gasteiger charge is 2.26. The molecule has 3 rings (SSSR count). The highest BCUT2D eigenvalue weighted by molar-refractivity contribution is 6.04. The molecule has 0 radical (unpaired) electrons. The molecule has 2 aromatic carbocycles. The number of carbonyl (C=O) groups is 2. The van der Waals surface area contributed by atoms with Crippen LogP contribution in [0.4, 0.5) is 10.1 Å². The molecule has 0 bridgehead atoms. The second-order valence-electron chi connectivity index (χ2n) is 7.85. The highest BCUT2D eigenvalue weighted by atomic mass is 19.1. The van der Waals surface area contributed by atoms with Crippen LogP contribution in [0, 0.1) is 11.7 Å². The first-order valence-electron chi connectivity index (χ1n) is 10.7. The third-order valence-corrected chi connectivity index (χ3v) is 5.44. The Hall–Kier alpha value is -2.73. The Morgan fingerprint density at radius 3 is 2.67 bits per heavy atom. The van der Waals surface area contributed by atoms with E-state index in [9.17, 15) is 14.0 Å². The summed E-state index contributed by atoms with van der Waals surface area (Å²) in [6.45, 7) is 4.95. The molecule has 1 atom stereocenters. The molecule has 0 saturated carbocycles. The van der Waals surface area contributed by atoms with Gasteiger partial charge in [0.25, 0.3) is 5.91 Å². The van der Waals surface area contributed by atoms with Gasteiger partial charge in [-0.3, -0.25) is 14.5 Å². The number of halogens is 1. The van der Waals surface area contributed by atoms with Crippen molar-refractivity contribution in [3.8, 4) is 0 Å². The van der Waals surface area contributed by atoms with Crippen LogP contribution in [-0.4, -0.2) is 36.3 Å². The lowest BCUT2D eigenvalue weighted by atomic mass is 9.96. The number of hydrogen-bond acceptors (Lipinski definition) is 3. The van der Waals surface area contributed by atoms with Gasteiger partial charge in [0.15, 0.2) is 0 Å². The zero-order chi connectivity index (χ0) is 21.3. The maximum Gasteiger partial charge on any atom is 0.253 e. The predicted molar refractivity (Wildman–Crippen MR) is 117 cm³/mol. The molecule has 1 aliphatic heterocycles. The maximum absolute atomic E-state index is 13.1. The average Bonchev–Trinajstić information content (AvgIpc) is 2.76. The molecule has 1 fully saturated rings. The van der Waals surface area contributed by atoms with E-state index in [1.54, 1.807) is 30.3 Å². The first-order chi connectivity index (χ1) is 14.6. The number of nitrogens with zero attached hydrogens (tertiary/aromatic N) is 1. The molecule has 1 aliphatic rings. The van der Waals surface area contributed by atoms with E-state index in [-0.39, 0.29) is 23.5 Å². The molecule has 0 aliphatic carbocycles. The van der Waals surface area contributed by atoms with Crippen LogP contribution in [0.15, 0.2) is 48.5 Å². The summed E-state index contributed by atoms with van der Waals surface area (Å²) in [7, 11) is 0.